The Morgan fingerprint density at radius 2 is 1.77 bits per heavy atom. The van der Waals surface area contributed by atoms with Crippen LogP contribution in [0.1, 0.15) is 71.7 Å². The van der Waals surface area contributed by atoms with Crippen LogP contribution in [0.25, 0.3) is 11.3 Å². The van der Waals surface area contributed by atoms with Crippen LogP contribution in [0.5, 0.6) is 0 Å². The molecule has 1 saturated heterocycles. The highest BCUT2D eigenvalue weighted by molar-refractivity contribution is 6.62. The topological polar surface area (TPSA) is 106 Å². The largest absolute Gasteiger partial charge is 0.494 e. The van der Waals surface area contributed by atoms with E-state index >= 15 is 0 Å². The molecule has 0 radical (unpaired) electrons. The van der Waals surface area contributed by atoms with Crippen LogP contribution in [0.3, 0.4) is 0 Å². The van der Waals surface area contributed by atoms with E-state index in [-0.39, 0.29) is 17.9 Å². The lowest BCUT2D eigenvalue weighted by molar-refractivity contribution is -0.135. The highest BCUT2D eigenvalue weighted by Gasteiger charge is 2.51. The number of carbonyl (C=O) groups is 2. The molecule has 1 aliphatic carbocycles. The summed E-state index contributed by atoms with van der Waals surface area (Å²) in [4.78, 5) is 35.8. The number of carbonyl (C=O) groups excluding carboxylic acids is 2. The number of ether oxygens (including phenoxy) is 1. The van der Waals surface area contributed by atoms with E-state index in [0.29, 0.717) is 12.4 Å². The molecular formula is C29H39BN4O5. The molecule has 2 amide bonds. The van der Waals surface area contributed by atoms with Crippen molar-refractivity contribution in [2.24, 2.45) is 5.92 Å². The van der Waals surface area contributed by atoms with Gasteiger partial charge in [0.05, 0.1) is 24.0 Å². The molecule has 3 aliphatic rings. The summed E-state index contributed by atoms with van der Waals surface area (Å²) in [6, 6.07) is 7.08. The Morgan fingerprint density at radius 3 is 2.41 bits per heavy atom. The lowest BCUT2D eigenvalue weighted by Gasteiger charge is -2.34. The highest BCUT2D eigenvalue weighted by atomic mass is 16.7. The van der Waals surface area contributed by atoms with E-state index in [0.717, 1.165) is 48.8 Å². The van der Waals surface area contributed by atoms with Crippen LogP contribution in [-0.4, -0.2) is 64.9 Å². The zero-order valence-corrected chi connectivity index (χ0v) is 23.5. The van der Waals surface area contributed by atoms with Gasteiger partial charge in [0.1, 0.15) is 17.9 Å². The van der Waals surface area contributed by atoms with Gasteiger partial charge in [-0.1, -0.05) is 55.7 Å². The van der Waals surface area contributed by atoms with Crippen LogP contribution in [0.2, 0.25) is 0 Å². The van der Waals surface area contributed by atoms with Crippen LogP contribution in [0.4, 0.5) is 4.79 Å². The van der Waals surface area contributed by atoms with Crippen molar-refractivity contribution in [2.75, 3.05) is 13.7 Å². The molecular weight excluding hydrogens is 495 g/mol. The van der Waals surface area contributed by atoms with Gasteiger partial charge in [0.2, 0.25) is 5.91 Å². The summed E-state index contributed by atoms with van der Waals surface area (Å²) in [6.45, 7) is 8.64. The van der Waals surface area contributed by atoms with Crippen molar-refractivity contribution in [1.29, 1.82) is 0 Å². The van der Waals surface area contributed by atoms with E-state index in [4.69, 9.17) is 19.0 Å². The van der Waals surface area contributed by atoms with Gasteiger partial charge in [-0.3, -0.25) is 4.79 Å². The second-order valence-corrected chi connectivity index (χ2v) is 11.8. The summed E-state index contributed by atoms with van der Waals surface area (Å²) in [5, 5.41) is 2.82. The zero-order valence-electron chi connectivity index (χ0n) is 23.5. The summed E-state index contributed by atoms with van der Waals surface area (Å²) < 4.78 is 17.2. The minimum Gasteiger partial charge on any atom is -0.453 e. The number of hydrogen-bond donors (Lipinski definition) is 2. The molecule has 0 spiro atoms. The van der Waals surface area contributed by atoms with Gasteiger partial charge in [-0.15, -0.1) is 0 Å². The van der Waals surface area contributed by atoms with Crippen molar-refractivity contribution >= 4 is 24.6 Å². The van der Waals surface area contributed by atoms with Crippen molar-refractivity contribution in [1.82, 2.24) is 20.2 Å². The smallest absolute Gasteiger partial charge is 0.453 e. The molecule has 39 heavy (non-hydrogen) atoms. The normalized spacial score (nSPS) is 23.2. The first-order chi connectivity index (χ1) is 18.6. The van der Waals surface area contributed by atoms with Crippen molar-refractivity contribution < 1.29 is 23.6 Å². The monoisotopic (exact) mass is 534 g/mol. The van der Waals surface area contributed by atoms with E-state index in [1.54, 1.807) is 4.90 Å². The van der Waals surface area contributed by atoms with Gasteiger partial charge in [0.15, 0.2) is 0 Å². The first-order valence-electron chi connectivity index (χ1n) is 13.9. The quantitative estimate of drug-likeness (QED) is 0.427. The minimum atomic E-state index is -0.614. The fraction of sp³-hybridized carbons (Fsp3) is 0.552. The number of methoxy groups -OCH3 is 1. The van der Waals surface area contributed by atoms with Crippen molar-refractivity contribution in [3.05, 3.63) is 48.4 Å². The lowest BCUT2D eigenvalue weighted by atomic mass is 9.79. The molecule has 1 saturated carbocycles. The molecule has 2 N–H and O–H groups in total. The molecule has 2 aliphatic heterocycles. The number of alkyl carbamates (subject to hydrolysis) is 1. The minimum absolute atomic E-state index is 0.0984. The third-order valence-corrected chi connectivity index (χ3v) is 8.70. The molecule has 9 nitrogen and oxygen atoms in total. The Kier molecular flexibility index (Phi) is 7.61. The van der Waals surface area contributed by atoms with Gasteiger partial charge in [-0.05, 0) is 51.9 Å². The average Bonchev–Trinajstić information content (AvgIpc) is 3.65. The van der Waals surface area contributed by atoms with Gasteiger partial charge >= 0.3 is 13.2 Å². The van der Waals surface area contributed by atoms with Gasteiger partial charge in [0.25, 0.3) is 0 Å². The molecule has 2 atom stereocenters. The Bertz CT molecular complexity index is 1200. The van der Waals surface area contributed by atoms with E-state index in [2.05, 4.69) is 10.3 Å². The van der Waals surface area contributed by atoms with Crippen LogP contribution in [-0.2, 0) is 18.8 Å². The molecule has 1 unspecified atom stereocenters. The number of rotatable bonds is 6. The lowest BCUT2D eigenvalue weighted by Crippen LogP contribution is -2.52. The maximum absolute atomic E-state index is 13.8. The van der Waals surface area contributed by atoms with Gasteiger partial charge < -0.3 is 29.2 Å². The van der Waals surface area contributed by atoms with Crippen molar-refractivity contribution in [3.63, 3.8) is 0 Å². The maximum Gasteiger partial charge on any atom is 0.494 e. The summed E-state index contributed by atoms with van der Waals surface area (Å²) in [5.74, 6) is 0.677. The van der Waals surface area contributed by atoms with Crippen molar-refractivity contribution in [2.45, 2.75) is 83.1 Å². The van der Waals surface area contributed by atoms with Crippen LogP contribution in [0.15, 0.2) is 42.6 Å². The number of H-pyrrole nitrogens is 1. The van der Waals surface area contributed by atoms with Crippen LogP contribution >= 0.6 is 0 Å². The number of nitrogens with zero attached hydrogens (tertiary/aromatic N) is 2. The molecule has 1 aromatic carbocycles. The molecule has 3 heterocycles. The number of aromatic amines is 1. The Labute approximate surface area is 230 Å². The Morgan fingerprint density at radius 1 is 1.10 bits per heavy atom. The fourth-order valence-electron chi connectivity index (χ4n) is 5.63. The maximum atomic E-state index is 13.8. The first kappa shape index (κ1) is 27.5. The Balaban J connectivity index is 1.31. The first-order valence-corrected chi connectivity index (χ1v) is 13.9. The summed E-state index contributed by atoms with van der Waals surface area (Å²) in [6.07, 6.45) is 10.4. The number of amides is 2. The summed E-state index contributed by atoms with van der Waals surface area (Å²) in [7, 11) is 0.905. The predicted molar refractivity (Wildman–Crippen MR) is 149 cm³/mol. The van der Waals surface area contributed by atoms with E-state index in [1.165, 1.54) is 7.11 Å². The van der Waals surface area contributed by atoms with E-state index in [1.807, 2.05) is 70.3 Å². The molecule has 208 valence electrons. The molecule has 10 heteroatoms. The third kappa shape index (κ3) is 5.49. The number of imidazole rings is 1. The van der Waals surface area contributed by atoms with Gasteiger partial charge in [-0.2, -0.15) is 0 Å². The van der Waals surface area contributed by atoms with Gasteiger partial charge in [-0.25, -0.2) is 9.78 Å². The predicted octanol–water partition coefficient (Wildman–Crippen LogP) is 4.12. The average molecular weight is 534 g/mol. The van der Waals surface area contributed by atoms with Crippen molar-refractivity contribution in [3.8, 4) is 11.3 Å². The molecule has 0 bridgehead atoms. The zero-order chi connectivity index (χ0) is 27.8. The van der Waals surface area contributed by atoms with Crippen LogP contribution < -0.4 is 10.8 Å². The van der Waals surface area contributed by atoms with E-state index < -0.39 is 30.5 Å². The molecule has 2 aromatic rings. The third-order valence-electron chi connectivity index (χ3n) is 8.70. The second kappa shape index (κ2) is 10.8. The molecule has 1 aromatic heterocycles. The van der Waals surface area contributed by atoms with Gasteiger partial charge in [0, 0.05) is 18.3 Å². The fourth-order valence-corrected chi connectivity index (χ4v) is 5.63. The number of nitrogens with one attached hydrogen (secondary N) is 2. The Hall–Kier alpha value is -3.11. The SMILES string of the molecule is COC(=O)N[C@H](C(=O)N1CC=CC1c1nc(-c2ccc(B3OC(C)(C)C(C)(C)O3)cc2)c[nH]1)C1CCCCC1. The molecule has 2 fully saturated rings. The second-order valence-electron chi connectivity index (χ2n) is 11.8. The standard InChI is InChI=1S/C29H39BN4O5/c1-28(2)29(3,4)39-30(38-28)21-15-13-19(14-16-21)22-18-31-25(32-22)23-12-9-17-34(23)26(35)24(33-27(36)37-5)20-10-7-6-8-11-20/h9,12-16,18,20,23-24H,6-8,10-11,17H2,1-5H3,(H,31,32)(H,33,36)/t23?,24-/m0/s1. The summed E-state index contributed by atoms with van der Waals surface area (Å²) >= 11 is 0. The number of hydrogen-bond acceptors (Lipinski definition) is 6. The number of aromatic nitrogens is 2. The van der Waals surface area contributed by atoms with Crippen LogP contribution in [0, 0.1) is 5.92 Å². The molecule has 5 rings (SSSR count). The summed E-state index contributed by atoms with van der Waals surface area (Å²) in [5.41, 5.74) is 1.90. The highest BCUT2D eigenvalue weighted by Crippen LogP contribution is 2.37. The van der Waals surface area contributed by atoms with E-state index in [9.17, 15) is 9.59 Å². The number of benzene rings is 1.